The van der Waals surface area contributed by atoms with Crippen molar-refractivity contribution < 1.29 is 4.74 Å². The van der Waals surface area contributed by atoms with Crippen LogP contribution in [0.25, 0.3) is 0 Å². The standard InChI is InChI=1S/C6H8Cl3NO/c1-3-4(2)11-5(10)6(7,8)9/h3-4,10H,1H2,2H3. The normalized spacial score (nSPS) is 13.8. The number of hydrogen-bond donors (Lipinski definition) is 1. The third-order valence-corrected chi connectivity index (χ3v) is 1.41. The number of halogens is 3. The summed E-state index contributed by atoms with van der Waals surface area (Å²) in [5.74, 6) is -0.394. The zero-order chi connectivity index (χ0) is 9.07. The Balaban J connectivity index is 3.98. The molecule has 0 saturated heterocycles. The molecule has 0 aromatic rings. The second kappa shape index (κ2) is 4.19. The van der Waals surface area contributed by atoms with E-state index in [1.807, 2.05) is 0 Å². The van der Waals surface area contributed by atoms with Gasteiger partial charge in [0, 0.05) is 0 Å². The molecule has 64 valence electrons. The molecule has 0 bridgehead atoms. The molecule has 0 aliphatic carbocycles. The average molecular weight is 216 g/mol. The van der Waals surface area contributed by atoms with Crippen LogP contribution in [0.4, 0.5) is 0 Å². The van der Waals surface area contributed by atoms with E-state index in [0.29, 0.717) is 0 Å². The van der Waals surface area contributed by atoms with Crippen LogP contribution in [0.5, 0.6) is 0 Å². The van der Waals surface area contributed by atoms with E-state index in [1.165, 1.54) is 6.08 Å². The van der Waals surface area contributed by atoms with Gasteiger partial charge in [-0.05, 0) is 6.92 Å². The highest BCUT2D eigenvalue weighted by molar-refractivity contribution is 6.76. The van der Waals surface area contributed by atoms with Crippen molar-refractivity contribution in [2.75, 3.05) is 0 Å². The minimum absolute atomic E-state index is 0.321. The predicted octanol–water partition coefficient (Wildman–Crippen LogP) is 2.92. The van der Waals surface area contributed by atoms with Gasteiger partial charge in [0.1, 0.15) is 6.10 Å². The Morgan fingerprint density at radius 1 is 1.64 bits per heavy atom. The van der Waals surface area contributed by atoms with E-state index in [9.17, 15) is 0 Å². The summed E-state index contributed by atoms with van der Waals surface area (Å²) in [6.07, 6.45) is 1.18. The largest absolute Gasteiger partial charge is 0.471 e. The molecule has 1 unspecified atom stereocenters. The molecule has 1 N–H and O–H groups in total. The summed E-state index contributed by atoms with van der Waals surface area (Å²) >= 11 is 16.0. The monoisotopic (exact) mass is 215 g/mol. The Hall–Kier alpha value is 0.0800. The molecule has 1 atom stereocenters. The van der Waals surface area contributed by atoms with Crippen molar-refractivity contribution in [3.63, 3.8) is 0 Å². The van der Waals surface area contributed by atoms with Crippen molar-refractivity contribution in [1.82, 2.24) is 0 Å². The van der Waals surface area contributed by atoms with E-state index in [0.717, 1.165) is 0 Å². The van der Waals surface area contributed by atoms with Gasteiger partial charge in [-0.15, -0.1) is 0 Å². The maximum Gasteiger partial charge on any atom is 0.265 e. The molecule has 11 heavy (non-hydrogen) atoms. The molecule has 0 aliphatic heterocycles. The lowest BCUT2D eigenvalue weighted by molar-refractivity contribution is 0.249. The first-order valence-corrected chi connectivity index (χ1v) is 3.96. The number of ether oxygens (including phenoxy) is 1. The van der Waals surface area contributed by atoms with Crippen LogP contribution in [0.1, 0.15) is 6.92 Å². The van der Waals surface area contributed by atoms with Crippen LogP contribution >= 0.6 is 34.8 Å². The van der Waals surface area contributed by atoms with Gasteiger partial charge in [0.05, 0.1) is 0 Å². The summed E-state index contributed by atoms with van der Waals surface area (Å²) in [5.41, 5.74) is 0. The van der Waals surface area contributed by atoms with E-state index < -0.39 is 9.69 Å². The molecule has 0 aromatic carbocycles. The third kappa shape index (κ3) is 4.51. The van der Waals surface area contributed by atoms with Gasteiger partial charge in [-0.25, -0.2) is 0 Å². The summed E-state index contributed by atoms with van der Waals surface area (Å²) in [5, 5.41) is 7.11. The molecule has 0 heterocycles. The van der Waals surface area contributed by atoms with Crippen LogP contribution in [0.2, 0.25) is 0 Å². The molecule has 0 amide bonds. The lowest BCUT2D eigenvalue weighted by Gasteiger charge is -2.16. The van der Waals surface area contributed by atoms with E-state index >= 15 is 0 Å². The third-order valence-electron chi connectivity index (χ3n) is 0.893. The van der Waals surface area contributed by atoms with Crippen LogP contribution in [0, 0.1) is 5.41 Å². The Kier molecular flexibility index (Phi) is 4.22. The molecule has 0 rings (SSSR count). The highest BCUT2D eigenvalue weighted by Gasteiger charge is 2.29. The number of nitrogens with one attached hydrogen (secondary N) is 1. The lowest BCUT2D eigenvalue weighted by atomic mass is 10.4. The SMILES string of the molecule is C=CC(C)OC(=N)C(Cl)(Cl)Cl. The molecule has 0 aliphatic rings. The van der Waals surface area contributed by atoms with Crippen LogP contribution in [0.15, 0.2) is 12.7 Å². The summed E-state index contributed by atoms with van der Waals surface area (Å²) < 4.78 is 3.05. The average Bonchev–Trinajstić information content (AvgIpc) is 1.85. The molecule has 0 spiro atoms. The van der Waals surface area contributed by atoms with Crippen LogP contribution in [0.3, 0.4) is 0 Å². The Bertz CT molecular complexity index is 164. The fourth-order valence-electron chi connectivity index (χ4n) is 0.301. The van der Waals surface area contributed by atoms with E-state index in [2.05, 4.69) is 6.58 Å². The molecule has 5 heteroatoms. The number of hydrogen-bond acceptors (Lipinski definition) is 2. The molecular formula is C6H8Cl3NO. The van der Waals surface area contributed by atoms with Crippen molar-refractivity contribution in [1.29, 1.82) is 5.41 Å². The number of rotatable bonds is 2. The van der Waals surface area contributed by atoms with Crippen molar-refractivity contribution in [2.24, 2.45) is 0 Å². The van der Waals surface area contributed by atoms with Gasteiger partial charge in [-0.3, -0.25) is 5.41 Å². The molecule has 0 saturated carbocycles. The van der Waals surface area contributed by atoms with Crippen LogP contribution < -0.4 is 0 Å². The van der Waals surface area contributed by atoms with Gasteiger partial charge in [0.25, 0.3) is 3.79 Å². The van der Waals surface area contributed by atoms with Crippen molar-refractivity contribution >= 4 is 40.7 Å². The van der Waals surface area contributed by atoms with Crippen LogP contribution in [-0.2, 0) is 4.74 Å². The van der Waals surface area contributed by atoms with Crippen molar-refractivity contribution in [3.8, 4) is 0 Å². The highest BCUT2D eigenvalue weighted by atomic mass is 35.6. The van der Waals surface area contributed by atoms with Gasteiger partial charge in [-0.1, -0.05) is 47.5 Å². The zero-order valence-corrected chi connectivity index (χ0v) is 8.17. The Labute approximate surface area is 80.6 Å². The zero-order valence-electron chi connectivity index (χ0n) is 5.90. The Morgan fingerprint density at radius 2 is 2.09 bits per heavy atom. The van der Waals surface area contributed by atoms with Gasteiger partial charge in [-0.2, -0.15) is 0 Å². The fraction of sp³-hybridized carbons (Fsp3) is 0.500. The molecule has 0 aromatic heterocycles. The first kappa shape index (κ1) is 11.1. The van der Waals surface area contributed by atoms with Crippen molar-refractivity contribution in [2.45, 2.75) is 16.8 Å². The maximum absolute atomic E-state index is 7.11. The quantitative estimate of drug-likeness (QED) is 0.327. The molecular weight excluding hydrogens is 208 g/mol. The minimum atomic E-state index is -1.78. The second-order valence-electron chi connectivity index (χ2n) is 1.89. The molecule has 0 fully saturated rings. The minimum Gasteiger partial charge on any atom is -0.471 e. The topological polar surface area (TPSA) is 33.1 Å². The van der Waals surface area contributed by atoms with Gasteiger partial charge in [0.2, 0.25) is 5.90 Å². The van der Waals surface area contributed by atoms with E-state index in [1.54, 1.807) is 6.92 Å². The summed E-state index contributed by atoms with van der Waals surface area (Å²) in [6.45, 7) is 5.14. The fourth-order valence-corrected chi connectivity index (χ4v) is 0.434. The van der Waals surface area contributed by atoms with E-state index in [4.69, 9.17) is 44.9 Å². The van der Waals surface area contributed by atoms with Crippen molar-refractivity contribution in [3.05, 3.63) is 12.7 Å². The first-order chi connectivity index (χ1) is 4.88. The van der Waals surface area contributed by atoms with Gasteiger partial charge < -0.3 is 4.74 Å². The molecule has 0 radical (unpaired) electrons. The van der Waals surface area contributed by atoms with Gasteiger partial charge in [0.15, 0.2) is 0 Å². The predicted molar refractivity (Wildman–Crippen MR) is 48.8 cm³/mol. The van der Waals surface area contributed by atoms with Crippen LogP contribution in [-0.4, -0.2) is 15.8 Å². The highest BCUT2D eigenvalue weighted by Crippen LogP contribution is 2.28. The first-order valence-electron chi connectivity index (χ1n) is 2.83. The smallest absolute Gasteiger partial charge is 0.265 e. The summed E-state index contributed by atoms with van der Waals surface area (Å²) in [6, 6.07) is 0. The van der Waals surface area contributed by atoms with E-state index in [-0.39, 0.29) is 6.10 Å². The summed E-state index contributed by atoms with van der Waals surface area (Å²) in [7, 11) is 0. The lowest BCUT2D eigenvalue weighted by Crippen LogP contribution is -2.24. The van der Waals surface area contributed by atoms with Gasteiger partial charge >= 0.3 is 0 Å². The second-order valence-corrected chi connectivity index (χ2v) is 4.17. The maximum atomic E-state index is 7.11. The molecule has 2 nitrogen and oxygen atoms in total. The summed E-state index contributed by atoms with van der Waals surface area (Å²) in [4.78, 5) is 0. The number of alkyl halides is 3. The Morgan fingerprint density at radius 3 is 2.36 bits per heavy atom.